The Kier molecular flexibility index (Phi) is 4.62. The zero-order chi connectivity index (χ0) is 14.7. The smallest absolute Gasteiger partial charge is 0.304 e. The number of carbonyl (C=O) groups is 2. The number of amides is 1. The second-order valence-corrected chi connectivity index (χ2v) is 5.44. The summed E-state index contributed by atoms with van der Waals surface area (Å²) in [7, 11) is 0. The second kappa shape index (κ2) is 6.24. The number of nitrogens with zero attached hydrogens (tertiary/aromatic N) is 1. The molecule has 1 aliphatic heterocycles. The van der Waals surface area contributed by atoms with E-state index in [1.807, 2.05) is 0 Å². The Balaban J connectivity index is 2.09. The second-order valence-electron chi connectivity index (χ2n) is 5.03. The maximum atomic E-state index is 11.1. The first-order chi connectivity index (χ1) is 9.47. The summed E-state index contributed by atoms with van der Waals surface area (Å²) in [6, 6.07) is 5.03. The maximum Gasteiger partial charge on any atom is 0.304 e. The van der Waals surface area contributed by atoms with Crippen LogP contribution < -0.4 is 5.73 Å². The number of carbonyl (C=O) groups excluding carboxylic acids is 1. The molecule has 0 saturated carbocycles. The summed E-state index contributed by atoms with van der Waals surface area (Å²) < 4.78 is 0. The molecular formula is C14H17ClN2O3. The van der Waals surface area contributed by atoms with Crippen LogP contribution in [0.25, 0.3) is 0 Å². The summed E-state index contributed by atoms with van der Waals surface area (Å²) >= 11 is 6.15. The van der Waals surface area contributed by atoms with Crippen molar-refractivity contribution in [2.24, 2.45) is 5.73 Å². The predicted octanol–water partition coefficient (Wildman–Crippen LogP) is 1.88. The molecule has 1 aromatic carbocycles. The van der Waals surface area contributed by atoms with Gasteiger partial charge in [0.2, 0.25) is 5.91 Å². The van der Waals surface area contributed by atoms with E-state index in [4.69, 9.17) is 22.4 Å². The van der Waals surface area contributed by atoms with Crippen LogP contribution in [0.15, 0.2) is 18.2 Å². The van der Waals surface area contributed by atoms with E-state index < -0.39 is 11.9 Å². The quantitative estimate of drug-likeness (QED) is 0.869. The van der Waals surface area contributed by atoms with Gasteiger partial charge in [0.1, 0.15) is 0 Å². The molecule has 108 valence electrons. The lowest BCUT2D eigenvalue weighted by Gasteiger charge is -2.23. The number of rotatable bonds is 5. The van der Waals surface area contributed by atoms with Crippen molar-refractivity contribution in [3.63, 3.8) is 0 Å². The number of aliphatic carboxylic acids is 1. The lowest BCUT2D eigenvalue weighted by atomic mass is 10.1. The first-order valence-corrected chi connectivity index (χ1v) is 6.89. The minimum Gasteiger partial charge on any atom is -0.481 e. The Bertz CT molecular complexity index is 533. The van der Waals surface area contributed by atoms with Crippen LogP contribution in [-0.2, 0) is 11.3 Å². The van der Waals surface area contributed by atoms with Crippen molar-refractivity contribution in [3.05, 3.63) is 34.3 Å². The monoisotopic (exact) mass is 296 g/mol. The number of hydrogen-bond donors (Lipinski definition) is 2. The normalized spacial score (nSPS) is 19.1. The van der Waals surface area contributed by atoms with Crippen molar-refractivity contribution in [2.75, 3.05) is 6.54 Å². The first kappa shape index (κ1) is 14.8. The molecule has 0 radical (unpaired) electrons. The molecule has 1 fully saturated rings. The number of likely N-dealkylation sites (tertiary alicyclic amines) is 1. The summed E-state index contributed by atoms with van der Waals surface area (Å²) in [5, 5.41) is 9.39. The lowest BCUT2D eigenvalue weighted by Crippen LogP contribution is -2.31. The van der Waals surface area contributed by atoms with Gasteiger partial charge in [-0.05, 0) is 37.1 Å². The summed E-state index contributed by atoms with van der Waals surface area (Å²) in [5.74, 6) is -1.29. The van der Waals surface area contributed by atoms with Crippen LogP contribution in [-0.4, -0.2) is 34.5 Å². The van der Waals surface area contributed by atoms with Crippen molar-refractivity contribution >= 4 is 23.5 Å². The van der Waals surface area contributed by atoms with Gasteiger partial charge in [0.15, 0.2) is 0 Å². The van der Waals surface area contributed by atoms with E-state index >= 15 is 0 Å². The molecule has 1 amide bonds. The van der Waals surface area contributed by atoms with E-state index in [1.54, 1.807) is 18.2 Å². The number of hydrogen-bond acceptors (Lipinski definition) is 3. The Labute approximate surface area is 122 Å². The van der Waals surface area contributed by atoms with Crippen LogP contribution in [0.3, 0.4) is 0 Å². The van der Waals surface area contributed by atoms with Crippen LogP contribution in [0.1, 0.15) is 35.2 Å². The molecule has 0 bridgehead atoms. The molecule has 0 aliphatic carbocycles. The van der Waals surface area contributed by atoms with Crippen LogP contribution >= 0.6 is 11.6 Å². The molecular weight excluding hydrogens is 280 g/mol. The van der Waals surface area contributed by atoms with Crippen molar-refractivity contribution in [1.82, 2.24) is 4.90 Å². The third-order valence-electron chi connectivity index (χ3n) is 3.62. The van der Waals surface area contributed by atoms with Crippen LogP contribution in [0.4, 0.5) is 0 Å². The Morgan fingerprint density at radius 2 is 2.20 bits per heavy atom. The van der Waals surface area contributed by atoms with E-state index in [1.165, 1.54) is 0 Å². The van der Waals surface area contributed by atoms with Gasteiger partial charge in [-0.2, -0.15) is 0 Å². The standard InChI is InChI=1S/C14H17ClN2O3/c15-12-6-9(14(16)20)3-4-10(12)8-17-5-1-2-11(17)7-13(18)19/h3-4,6,11H,1-2,5,7-8H2,(H2,16,20)(H,18,19). The number of carboxylic acids is 1. The predicted molar refractivity (Wildman–Crippen MR) is 75.7 cm³/mol. The van der Waals surface area contributed by atoms with Gasteiger partial charge in [-0.1, -0.05) is 17.7 Å². The first-order valence-electron chi connectivity index (χ1n) is 6.51. The topological polar surface area (TPSA) is 83.6 Å². The van der Waals surface area contributed by atoms with E-state index in [-0.39, 0.29) is 12.5 Å². The minimum atomic E-state index is -0.780. The summed E-state index contributed by atoms with van der Waals surface area (Å²) in [4.78, 5) is 24.0. The zero-order valence-corrected chi connectivity index (χ0v) is 11.8. The number of halogens is 1. The van der Waals surface area contributed by atoms with E-state index in [0.29, 0.717) is 17.1 Å². The van der Waals surface area contributed by atoms with Gasteiger partial charge < -0.3 is 10.8 Å². The average Bonchev–Trinajstić information content (AvgIpc) is 2.78. The van der Waals surface area contributed by atoms with Gasteiger partial charge >= 0.3 is 5.97 Å². The van der Waals surface area contributed by atoms with E-state index in [9.17, 15) is 9.59 Å². The number of carboxylic acid groups (broad SMARTS) is 1. The highest BCUT2D eigenvalue weighted by atomic mass is 35.5. The van der Waals surface area contributed by atoms with Gasteiger partial charge in [-0.3, -0.25) is 14.5 Å². The zero-order valence-electron chi connectivity index (χ0n) is 11.0. The maximum absolute atomic E-state index is 11.1. The van der Waals surface area contributed by atoms with Gasteiger partial charge in [0, 0.05) is 23.2 Å². The third-order valence-corrected chi connectivity index (χ3v) is 3.97. The Hall–Kier alpha value is -1.59. The fraction of sp³-hybridized carbons (Fsp3) is 0.429. The molecule has 2 rings (SSSR count). The highest BCUT2D eigenvalue weighted by Gasteiger charge is 2.26. The molecule has 1 saturated heterocycles. The minimum absolute atomic E-state index is 0.0550. The van der Waals surface area contributed by atoms with Gasteiger partial charge in [0.25, 0.3) is 0 Å². The molecule has 0 spiro atoms. The molecule has 3 N–H and O–H groups in total. The average molecular weight is 297 g/mol. The van der Waals surface area contributed by atoms with Crippen LogP contribution in [0.5, 0.6) is 0 Å². The molecule has 1 aromatic rings. The van der Waals surface area contributed by atoms with Crippen molar-refractivity contribution in [2.45, 2.75) is 31.8 Å². The van der Waals surface area contributed by atoms with Gasteiger partial charge in [-0.15, -0.1) is 0 Å². The summed E-state index contributed by atoms with van der Waals surface area (Å²) in [5.41, 5.74) is 6.46. The molecule has 0 aromatic heterocycles. The highest BCUT2D eigenvalue weighted by Crippen LogP contribution is 2.26. The van der Waals surface area contributed by atoms with Crippen LogP contribution in [0.2, 0.25) is 5.02 Å². The van der Waals surface area contributed by atoms with Gasteiger partial charge in [0.05, 0.1) is 6.42 Å². The molecule has 1 atom stereocenters. The highest BCUT2D eigenvalue weighted by molar-refractivity contribution is 6.31. The molecule has 6 heteroatoms. The van der Waals surface area contributed by atoms with Gasteiger partial charge in [-0.25, -0.2) is 0 Å². The Morgan fingerprint density at radius 3 is 2.80 bits per heavy atom. The molecule has 5 nitrogen and oxygen atoms in total. The van der Waals surface area contributed by atoms with Crippen molar-refractivity contribution in [1.29, 1.82) is 0 Å². The SMILES string of the molecule is NC(=O)c1ccc(CN2CCCC2CC(=O)O)c(Cl)c1. The number of nitrogens with two attached hydrogens (primary N) is 1. The largest absolute Gasteiger partial charge is 0.481 e. The van der Waals surface area contributed by atoms with E-state index in [2.05, 4.69) is 4.90 Å². The number of benzene rings is 1. The molecule has 20 heavy (non-hydrogen) atoms. The van der Waals surface area contributed by atoms with E-state index in [0.717, 1.165) is 24.9 Å². The van der Waals surface area contributed by atoms with Crippen molar-refractivity contribution in [3.8, 4) is 0 Å². The summed E-state index contributed by atoms with van der Waals surface area (Å²) in [6.45, 7) is 1.46. The fourth-order valence-corrected chi connectivity index (χ4v) is 2.82. The third kappa shape index (κ3) is 3.49. The fourth-order valence-electron chi connectivity index (χ4n) is 2.58. The summed E-state index contributed by atoms with van der Waals surface area (Å²) in [6.07, 6.45) is 2.04. The van der Waals surface area contributed by atoms with Crippen LogP contribution in [0, 0.1) is 0 Å². The molecule has 1 unspecified atom stereocenters. The molecule has 1 heterocycles. The molecule has 1 aliphatic rings. The number of primary amides is 1. The lowest BCUT2D eigenvalue weighted by molar-refractivity contribution is -0.138. The van der Waals surface area contributed by atoms with Crippen molar-refractivity contribution < 1.29 is 14.7 Å². The Morgan fingerprint density at radius 1 is 1.45 bits per heavy atom.